The van der Waals surface area contributed by atoms with Gasteiger partial charge in [-0.25, -0.2) is 0 Å². The van der Waals surface area contributed by atoms with Gasteiger partial charge in [-0.15, -0.1) is 0 Å². The van der Waals surface area contributed by atoms with Gasteiger partial charge in [0.25, 0.3) is 0 Å². The zero-order chi connectivity index (χ0) is 14.5. The van der Waals surface area contributed by atoms with E-state index in [4.69, 9.17) is 0 Å². The van der Waals surface area contributed by atoms with Crippen LogP contribution < -0.4 is 10.6 Å². The molecule has 2 amide bonds. The molecule has 4 heteroatoms. The van der Waals surface area contributed by atoms with E-state index >= 15 is 0 Å². The molecular formula is C15H22N2O2. The highest BCUT2D eigenvalue weighted by atomic mass is 16.2. The zero-order valence-electron chi connectivity index (χ0n) is 12.0. The minimum Gasteiger partial charge on any atom is -0.355 e. The molecule has 1 atom stereocenters. The Morgan fingerprint density at radius 1 is 1.16 bits per heavy atom. The van der Waals surface area contributed by atoms with E-state index in [9.17, 15) is 9.59 Å². The molecule has 0 saturated heterocycles. The Balaban J connectivity index is 2.86. The summed E-state index contributed by atoms with van der Waals surface area (Å²) in [5.41, 5.74) is 0.610. The van der Waals surface area contributed by atoms with E-state index < -0.39 is 0 Å². The van der Waals surface area contributed by atoms with Crippen LogP contribution in [0.5, 0.6) is 0 Å². The molecule has 1 aromatic rings. The third-order valence-electron chi connectivity index (χ3n) is 2.57. The molecule has 1 rings (SSSR count). The van der Waals surface area contributed by atoms with Crippen molar-refractivity contribution >= 4 is 11.8 Å². The summed E-state index contributed by atoms with van der Waals surface area (Å²) in [6, 6.07) is 9.48. The van der Waals surface area contributed by atoms with Crippen molar-refractivity contribution in [3.63, 3.8) is 0 Å². The largest absolute Gasteiger partial charge is 0.355 e. The van der Waals surface area contributed by atoms with Gasteiger partial charge in [0.15, 0.2) is 0 Å². The van der Waals surface area contributed by atoms with Crippen LogP contribution in [0.25, 0.3) is 0 Å². The standard InChI is InChI=1S/C15H22N2O2/c1-11(18)16-10-13(12-8-6-5-7-9-12)14(19)17-15(2,3)4/h5-9,13H,10H2,1-4H3,(H,16,18)(H,17,19). The Morgan fingerprint density at radius 2 is 1.74 bits per heavy atom. The van der Waals surface area contributed by atoms with E-state index in [1.54, 1.807) is 0 Å². The predicted molar refractivity (Wildman–Crippen MR) is 75.8 cm³/mol. The first-order valence-corrected chi connectivity index (χ1v) is 6.41. The molecule has 0 radical (unpaired) electrons. The molecule has 0 spiro atoms. The van der Waals surface area contributed by atoms with Gasteiger partial charge in [-0.05, 0) is 26.3 Å². The highest BCUT2D eigenvalue weighted by Crippen LogP contribution is 2.16. The van der Waals surface area contributed by atoms with Gasteiger partial charge in [0.05, 0.1) is 5.92 Å². The summed E-state index contributed by atoms with van der Waals surface area (Å²) in [6.07, 6.45) is 0. The SMILES string of the molecule is CC(=O)NCC(C(=O)NC(C)(C)C)c1ccccc1. The lowest BCUT2D eigenvalue weighted by Gasteiger charge is -2.25. The maximum atomic E-state index is 12.3. The van der Waals surface area contributed by atoms with Gasteiger partial charge in [-0.2, -0.15) is 0 Å². The molecule has 19 heavy (non-hydrogen) atoms. The molecule has 0 aliphatic heterocycles. The third-order valence-corrected chi connectivity index (χ3v) is 2.57. The molecule has 1 unspecified atom stereocenters. The lowest BCUT2D eigenvalue weighted by atomic mass is 9.96. The Morgan fingerprint density at radius 3 is 2.21 bits per heavy atom. The van der Waals surface area contributed by atoms with Gasteiger partial charge in [0.1, 0.15) is 0 Å². The second kappa shape index (κ2) is 6.36. The van der Waals surface area contributed by atoms with Gasteiger partial charge in [0, 0.05) is 19.0 Å². The highest BCUT2D eigenvalue weighted by molar-refractivity contribution is 5.85. The molecule has 0 fully saturated rings. The summed E-state index contributed by atoms with van der Waals surface area (Å²) in [5.74, 6) is -0.582. The Hall–Kier alpha value is -1.84. The fourth-order valence-electron chi connectivity index (χ4n) is 1.75. The van der Waals surface area contributed by atoms with Crippen LogP contribution in [0.2, 0.25) is 0 Å². The molecular weight excluding hydrogens is 240 g/mol. The zero-order valence-corrected chi connectivity index (χ0v) is 12.0. The average molecular weight is 262 g/mol. The van der Waals surface area contributed by atoms with Crippen LogP contribution >= 0.6 is 0 Å². The first-order chi connectivity index (χ1) is 8.79. The van der Waals surface area contributed by atoms with E-state index in [2.05, 4.69) is 10.6 Å². The molecule has 4 nitrogen and oxygen atoms in total. The van der Waals surface area contributed by atoms with Crippen LogP contribution in [0.1, 0.15) is 39.2 Å². The summed E-state index contributed by atoms with van der Waals surface area (Å²) in [6.45, 7) is 7.56. The summed E-state index contributed by atoms with van der Waals surface area (Å²) in [7, 11) is 0. The molecule has 0 saturated carbocycles. The Bertz CT molecular complexity index is 435. The summed E-state index contributed by atoms with van der Waals surface area (Å²) < 4.78 is 0. The maximum Gasteiger partial charge on any atom is 0.229 e. The second-order valence-electron chi connectivity index (χ2n) is 5.64. The third kappa shape index (κ3) is 5.55. The number of hydrogen-bond acceptors (Lipinski definition) is 2. The number of hydrogen-bond donors (Lipinski definition) is 2. The van der Waals surface area contributed by atoms with Crippen molar-refractivity contribution in [1.82, 2.24) is 10.6 Å². The Kier molecular flexibility index (Phi) is 5.10. The van der Waals surface area contributed by atoms with Crippen LogP contribution in [-0.4, -0.2) is 23.9 Å². The van der Waals surface area contributed by atoms with Crippen molar-refractivity contribution in [2.45, 2.75) is 39.2 Å². The number of carbonyl (C=O) groups is 2. The summed E-state index contributed by atoms with van der Waals surface area (Å²) in [5, 5.41) is 5.66. The van der Waals surface area contributed by atoms with E-state index in [0.29, 0.717) is 6.54 Å². The molecule has 0 heterocycles. The maximum absolute atomic E-state index is 12.3. The van der Waals surface area contributed by atoms with Crippen molar-refractivity contribution < 1.29 is 9.59 Å². The molecule has 0 bridgehead atoms. The van der Waals surface area contributed by atoms with E-state index in [1.165, 1.54) is 6.92 Å². The van der Waals surface area contributed by atoms with Gasteiger partial charge in [0.2, 0.25) is 11.8 Å². The second-order valence-corrected chi connectivity index (χ2v) is 5.64. The van der Waals surface area contributed by atoms with E-state index in [-0.39, 0.29) is 23.3 Å². The molecule has 104 valence electrons. The smallest absolute Gasteiger partial charge is 0.229 e. The van der Waals surface area contributed by atoms with Gasteiger partial charge in [-0.1, -0.05) is 30.3 Å². The minimum atomic E-state index is -0.371. The molecule has 0 aliphatic carbocycles. The van der Waals surface area contributed by atoms with Crippen molar-refractivity contribution in [2.75, 3.05) is 6.54 Å². The van der Waals surface area contributed by atoms with Crippen molar-refractivity contribution in [2.24, 2.45) is 0 Å². The minimum absolute atomic E-state index is 0.0764. The number of nitrogens with one attached hydrogen (secondary N) is 2. The van der Waals surface area contributed by atoms with Gasteiger partial charge < -0.3 is 10.6 Å². The van der Waals surface area contributed by atoms with Crippen molar-refractivity contribution in [3.05, 3.63) is 35.9 Å². The van der Waals surface area contributed by atoms with Crippen molar-refractivity contribution in [3.8, 4) is 0 Å². The molecule has 0 aliphatic rings. The normalized spacial score (nSPS) is 12.6. The van der Waals surface area contributed by atoms with Crippen LogP contribution in [0.15, 0.2) is 30.3 Å². The predicted octanol–water partition coefficient (Wildman–Crippen LogP) is 1.82. The van der Waals surface area contributed by atoms with E-state index in [0.717, 1.165) is 5.56 Å². The van der Waals surface area contributed by atoms with Crippen LogP contribution in [0.4, 0.5) is 0 Å². The van der Waals surface area contributed by atoms with Crippen LogP contribution in [0.3, 0.4) is 0 Å². The number of benzene rings is 1. The van der Waals surface area contributed by atoms with Crippen LogP contribution in [0, 0.1) is 0 Å². The quantitative estimate of drug-likeness (QED) is 0.869. The molecule has 1 aromatic carbocycles. The first-order valence-electron chi connectivity index (χ1n) is 6.41. The summed E-state index contributed by atoms with van der Waals surface area (Å²) in [4.78, 5) is 23.4. The number of carbonyl (C=O) groups excluding carboxylic acids is 2. The molecule has 0 aromatic heterocycles. The topological polar surface area (TPSA) is 58.2 Å². The lowest BCUT2D eigenvalue weighted by molar-refractivity contribution is -0.124. The van der Waals surface area contributed by atoms with Crippen LogP contribution in [-0.2, 0) is 9.59 Å². The number of amides is 2. The van der Waals surface area contributed by atoms with E-state index in [1.807, 2.05) is 51.1 Å². The van der Waals surface area contributed by atoms with Gasteiger partial charge >= 0.3 is 0 Å². The average Bonchev–Trinajstić information content (AvgIpc) is 2.27. The first kappa shape index (κ1) is 15.2. The lowest BCUT2D eigenvalue weighted by Crippen LogP contribution is -2.45. The number of rotatable bonds is 4. The monoisotopic (exact) mass is 262 g/mol. The summed E-state index contributed by atoms with van der Waals surface area (Å²) >= 11 is 0. The van der Waals surface area contributed by atoms with Gasteiger partial charge in [-0.3, -0.25) is 9.59 Å². The highest BCUT2D eigenvalue weighted by Gasteiger charge is 2.24. The van der Waals surface area contributed by atoms with Crippen molar-refractivity contribution in [1.29, 1.82) is 0 Å². The fourth-order valence-corrected chi connectivity index (χ4v) is 1.75. The molecule has 2 N–H and O–H groups in total. The Labute approximate surface area is 114 Å². The fraction of sp³-hybridized carbons (Fsp3) is 0.467.